The fourth-order valence-electron chi connectivity index (χ4n) is 3.75. The minimum absolute atomic E-state index is 0.0193. The molecule has 12 heteroatoms. The predicted octanol–water partition coefficient (Wildman–Crippen LogP) is 6.63. The second-order valence-electron chi connectivity index (χ2n) is 8.99. The number of amides is 1. The minimum Gasteiger partial charge on any atom is -0.465 e. The average molecular weight is 498 g/mol. The van der Waals surface area contributed by atoms with Crippen LogP contribution in [0.2, 0.25) is 5.02 Å². The van der Waals surface area contributed by atoms with Gasteiger partial charge in [-0.3, -0.25) is 4.90 Å². The predicted molar refractivity (Wildman–Crippen MR) is 120 cm³/mol. The van der Waals surface area contributed by atoms with Gasteiger partial charge in [0.05, 0.1) is 33.5 Å². The zero-order chi connectivity index (χ0) is 25.2. The number of alkyl halides is 3. The molecule has 0 saturated heterocycles. The average Bonchev–Trinajstić information content (AvgIpc) is 3.32. The van der Waals surface area contributed by atoms with Crippen LogP contribution in [0.1, 0.15) is 33.4 Å². The van der Waals surface area contributed by atoms with Crippen LogP contribution in [0.15, 0.2) is 30.6 Å². The number of carboxylic acid groups (broad SMARTS) is 1. The zero-order valence-corrected chi connectivity index (χ0v) is 19.3. The first kappa shape index (κ1) is 23.8. The summed E-state index contributed by atoms with van der Waals surface area (Å²) in [5.41, 5.74) is -1.10. The van der Waals surface area contributed by atoms with E-state index >= 15 is 0 Å². The number of anilines is 1. The molecule has 0 aliphatic carbocycles. The van der Waals surface area contributed by atoms with Gasteiger partial charge >= 0.3 is 12.3 Å². The van der Waals surface area contributed by atoms with Gasteiger partial charge in [0.15, 0.2) is 5.69 Å². The van der Waals surface area contributed by atoms with E-state index in [4.69, 9.17) is 11.6 Å². The molecule has 1 amide bonds. The van der Waals surface area contributed by atoms with Gasteiger partial charge in [0.25, 0.3) is 0 Å². The molecule has 4 aromatic rings. The fourth-order valence-corrected chi connectivity index (χ4v) is 3.98. The number of benzene rings is 1. The summed E-state index contributed by atoms with van der Waals surface area (Å²) >= 11 is 6.30. The number of nitrogens with one attached hydrogen (secondary N) is 1. The number of pyridine rings is 1. The molecule has 0 spiro atoms. The summed E-state index contributed by atoms with van der Waals surface area (Å²) in [6.07, 6.45) is -3.64. The third kappa shape index (κ3) is 3.93. The van der Waals surface area contributed by atoms with E-state index in [1.165, 1.54) is 6.20 Å². The van der Waals surface area contributed by atoms with Gasteiger partial charge in [-0.1, -0.05) is 32.4 Å². The van der Waals surface area contributed by atoms with Crippen molar-refractivity contribution < 1.29 is 27.5 Å². The summed E-state index contributed by atoms with van der Waals surface area (Å²) in [6.45, 7) is 7.26. The molecule has 1 unspecified atom stereocenters. The maximum absolute atomic E-state index is 14.8. The third-order valence-corrected chi connectivity index (χ3v) is 6.09. The van der Waals surface area contributed by atoms with Gasteiger partial charge in [-0.2, -0.15) is 18.3 Å². The molecule has 0 saturated carbocycles. The molecule has 3 aromatic heterocycles. The number of nitrogens with zero attached hydrogens (tertiary/aromatic N) is 4. The van der Waals surface area contributed by atoms with Crippen LogP contribution in [0.25, 0.3) is 27.6 Å². The molecule has 0 fully saturated rings. The molecule has 1 atom stereocenters. The smallest absolute Gasteiger partial charge is 0.435 e. The van der Waals surface area contributed by atoms with E-state index in [1.807, 2.05) is 20.8 Å². The van der Waals surface area contributed by atoms with Crippen molar-refractivity contribution in [2.45, 2.75) is 39.9 Å². The first-order chi connectivity index (χ1) is 15.7. The monoisotopic (exact) mass is 497 g/mol. The number of aromatic amines is 1. The van der Waals surface area contributed by atoms with E-state index in [-0.39, 0.29) is 38.3 Å². The van der Waals surface area contributed by atoms with Crippen molar-refractivity contribution in [3.05, 3.63) is 47.1 Å². The molecule has 0 aliphatic rings. The standard InChI is InChI=1S/C22H20ClF4N5O2/c1-10(21(2,3)4)32(20(33)34)14-8-11(24)7-12-16-18(13(23)9-28-19(16)29-17(12)14)31-6-5-15(30-31)22(25,26)27/h5-10H,1-4H3,(H,28,29)(H,33,34). The van der Waals surface area contributed by atoms with Crippen LogP contribution in [-0.2, 0) is 6.18 Å². The number of carbonyl (C=O) groups is 1. The van der Waals surface area contributed by atoms with Gasteiger partial charge in [0.1, 0.15) is 11.5 Å². The molecule has 0 aliphatic heterocycles. The fraction of sp³-hybridized carbons (Fsp3) is 0.318. The van der Waals surface area contributed by atoms with Gasteiger partial charge in [-0.25, -0.2) is 18.9 Å². The van der Waals surface area contributed by atoms with Gasteiger partial charge in [-0.05, 0) is 30.5 Å². The van der Waals surface area contributed by atoms with Crippen LogP contribution in [0, 0.1) is 11.2 Å². The number of aromatic nitrogens is 4. The Bertz CT molecular complexity index is 1420. The Hall–Kier alpha value is -3.34. The van der Waals surface area contributed by atoms with Crippen molar-refractivity contribution in [3.63, 3.8) is 0 Å². The number of hydrogen-bond donors (Lipinski definition) is 2. The molecule has 180 valence electrons. The van der Waals surface area contributed by atoms with Crippen LogP contribution < -0.4 is 4.90 Å². The number of rotatable bonds is 3. The van der Waals surface area contributed by atoms with Gasteiger partial charge in [0, 0.05) is 17.6 Å². The Kier molecular flexibility index (Phi) is 5.51. The highest BCUT2D eigenvalue weighted by Gasteiger charge is 2.35. The largest absolute Gasteiger partial charge is 0.465 e. The van der Waals surface area contributed by atoms with Crippen molar-refractivity contribution in [3.8, 4) is 5.69 Å². The lowest BCUT2D eigenvalue weighted by molar-refractivity contribution is -0.141. The third-order valence-electron chi connectivity index (χ3n) is 5.82. The van der Waals surface area contributed by atoms with E-state index in [9.17, 15) is 27.5 Å². The van der Waals surface area contributed by atoms with Crippen molar-refractivity contribution in [1.29, 1.82) is 0 Å². The second-order valence-corrected chi connectivity index (χ2v) is 9.40. The lowest BCUT2D eigenvalue weighted by Crippen LogP contribution is -2.45. The molecule has 2 N–H and O–H groups in total. The summed E-state index contributed by atoms with van der Waals surface area (Å²) in [5.74, 6) is -0.738. The van der Waals surface area contributed by atoms with E-state index in [1.54, 1.807) is 6.92 Å². The maximum Gasteiger partial charge on any atom is 0.435 e. The Balaban J connectivity index is 2.05. The quantitative estimate of drug-likeness (QED) is 0.311. The Labute approximate surface area is 195 Å². The highest BCUT2D eigenvalue weighted by Crippen LogP contribution is 2.40. The lowest BCUT2D eigenvalue weighted by atomic mass is 9.86. The van der Waals surface area contributed by atoms with Crippen LogP contribution in [-0.4, -0.2) is 37.0 Å². The summed E-state index contributed by atoms with van der Waals surface area (Å²) < 4.78 is 55.2. The molecule has 7 nitrogen and oxygen atoms in total. The van der Waals surface area contributed by atoms with Crippen LogP contribution >= 0.6 is 11.6 Å². The Morgan fingerprint density at radius 2 is 1.94 bits per heavy atom. The maximum atomic E-state index is 14.8. The first-order valence-electron chi connectivity index (χ1n) is 10.1. The van der Waals surface area contributed by atoms with Crippen molar-refractivity contribution in [1.82, 2.24) is 19.7 Å². The highest BCUT2D eigenvalue weighted by molar-refractivity contribution is 6.34. The molecule has 3 heterocycles. The second kappa shape index (κ2) is 7.86. The summed E-state index contributed by atoms with van der Waals surface area (Å²) in [4.78, 5) is 20.5. The minimum atomic E-state index is -4.67. The molecule has 4 rings (SSSR count). The van der Waals surface area contributed by atoms with E-state index < -0.39 is 35.2 Å². The molecule has 0 radical (unpaired) electrons. The van der Waals surface area contributed by atoms with Crippen LogP contribution in [0.5, 0.6) is 0 Å². The van der Waals surface area contributed by atoms with Crippen molar-refractivity contribution in [2.75, 3.05) is 4.90 Å². The number of fused-ring (bicyclic) bond motifs is 3. The van der Waals surface area contributed by atoms with Gasteiger partial charge in [0.2, 0.25) is 0 Å². The summed E-state index contributed by atoms with van der Waals surface area (Å²) in [5, 5.41) is 13.9. The Morgan fingerprint density at radius 3 is 2.50 bits per heavy atom. The van der Waals surface area contributed by atoms with Gasteiger partial charge in [-0.15, -0.1) is 0 Å². The zero-order valence-electron chi connectivity index (χ0n) is 18.5. The van der Waals surface area contributed by atoms with E-state index in [0.29, 0.717) is 0 Å². The highest BCUT2D eigenvalue weighted by atomic mass is 35.5. The summed E-state index contributed by atoms with van der Waals surface area (Å²) in [7, 11) is 0. The van der Waals surface area contributed by atoms with Crippen molar-refractivity contribution >= 4 is 45.3 Å². The number of hydrogen-bond acceptors (Lipinski definition) is 3. The molecular formula is C22H20ClF4N5O2. The lowest BCUT2D eigenvalue weighted by Gasteiger charge is -2.36. The summed E-state index contributed by atoms with van der Waals surface area (Å²) in [6, 6.07) is 2.47. The van der Waals surface area contributed by atoms with E-state index in [2.05, 4.69) is 15.1 Å². The molecule has 0 bridgehead atoms. The first-order valence-corrected chi connectivity index (χ1v) is 10.5. The van der Waals surface area contributed by atoms with Gasteiger partial charge < -0.3 is 10.1 Å². The van der Waals surface area contributed by atoms with Crippen LogP contribution in [0.3, 0.4) is 0 Å². The van der Waals surface area contributed by atoms with Crippen LogP contribution in [0.4, 0.5) is 28.0 Å². The molecule has 1 aromatic carbocycles. The SMILES string of the molecule is CC(N(C(=O)O)c1cc(F)cc2c1[nH]c1ncc(Cl)c(-n3ccc(C(F)(F)F)n3)c12)C(C)(C)C. The van der Waals surface area contributed by atoms with E-state index in [0.717, 1.165) is 34.0 Å². The molecule has 34 heavy (non-hydrogen) atoms. The number of halogens is 5. The number of H-pyrrole nitrogens is 1. The molecular weight excluding hydrogens is 478 g/mol. The topological polar surface area (TPSA) is 87.0 Å². The van der Waals surface area contributed by atoms with Crippen molar-refractivity contribution in [2.24, 2.45) is 5.41 Å². The Morgan fingerprint density at radius 1 is 1.26 bits per heavy atom. The normalized spacial score (nSPS) is 13.6.